The first kappa shape index (κ1) is 17.1. The van der Waals surface area contributed by atoms with Gasteiger partial charge in [-0.15, -0.1) is 0 Å². The van der Waals surface area contributed by atoms with Crippen LogP contribution >= 0.6 is 0 Å². The Bertz CT molecular complexity index is 435. The Hall–Kier alpha value is -0.970. The highest BCUT2D eigenvalue weighted by molar-refractivity contribution is 5.31. The predicted octanol–water partition coefficient (Wildman–Crippen LogP) is 4.58. The van der Waals surface area contributed by atoms with Gasteiger partial charge in [0.2, 0.25) is 0 Å². The minimum atomic E-state index is -4.26. The molecule has 2 rings (SSSR count). The normalized spacial score (nSPS) is 18.6. The second-order valence-corrected chi connectivity index (χ2v) is 5.08. The van der Waals surface area contributed by atoms with Crippen molar-refractivity contribution in [2.75, 3.05) is 0 Å². The first-order valence-corrected chi connectivity index (χ1v) is 7.20. The van der Waals surface area contributed by atoms with Crippen LogP contribution in [0.2, 0.25) is 0 Å². The number of hydrogen-bond acceptors (Lipinski definition) is 1. The fourth-order valence-corrected chi connectivity index (χ4v) is 2.59. The number of halogens is 3. The molecule has 0 aromatic carbocycles. The van der Waals surface area contributed by atoms with Crippen LogP contribution in [0.15, 0.2) is 6.07 Å². The molecule has 0 spiro atoms. The third-order valence-electron chi connectivity index (χ3n) is 3.33. The molecule has 0 bridgehead atoms. The molecule has 5 heteroatoms. The largest absolute Gasteiger partial charge is 0.418 e. The molecule has 1 aliphatic heterocycles. The molecular weight excluding hydrogens is 267 g/mol. The van der Waals surface area contributed by atoms with Gasteiger partial charge >= 0.3 is 6.18 Å². The van der Waals surface area contributed by atoms with Gasteiger partial charge in [0, 0.05) is 24.4 Å². The fraction of sp³-hybridized carbons (Fsp3) is 0.733. The molecule has 2 heterocycles. The van der Waals surface area contributed by atoms with Gasteiger partial charge in [-0.1, -0.05) is 13.8 Å². The summed E-state index contributed by atoms with van der Waals surface area (Å²) in [6, 6.07) is 1.27. The molecule has 1 unspecified atom stereocenters. The Morgan fingerprint density at radius 2 is 1.90 bits per heavy atom. The highest BCUT2D eigenvalue weighted by Gasteiger charge is 2.36. The second-order valence-electron chi connectivity index (χ2n) is 5.08. The molecule has 1 atom stereocenters. The summed E-state index contributed by atoms with van der Waals surface area (Å²) in [5.74, 6) is 0. The summed E-state index contributed by atoms with van der Waals surface area (Å²) in [5, 5.41) is 0. The number of alkyl halides is 3. The number of ether oxygens (including phenoxy) is 1. The molecule has 0 saturated carbocycles. The van der Waals surface area contributed by atoms with Crippen LogP contribution in [-0.4, -0.2) is 16.8 Å². The van der Waals surface area contributed by atoms with E-state index in [1.165, 1.54) is 13.0 Å². The Morgan fingerprint density at radius 1 is 1.30 bits per heavy atom. The third kappa shape index (κ3) is 3.78. The van der Waals surface area contributed by atoms with E-state index >= 15 is 0 Å². The quantitative estimate of drug-likeness (QED) is 0.778. The number of aromatic nitrogens is 1. The smallest absolute Gasteiger partial charge is 0.375 e. The van der Waals surface area contributed by atoms with Crippen molar-refractivity contribution in [3.8, 4) is 0 Å². The van der Waals surface area contributed by atoms with Crippen LogP contribution in [0.3, 0.4) is 0 Å². The molecule has 116 valence electrons. The maximum atomic E-state index is 12.8. The predicted molar refractivity (Wildman–Crippen MR) is 73.8 cm³/mol. The van der Waals surface area contributed by atoms with Crippen LogP contribution < -0.4 is 0 Å². The van der Waals surface area contributed by atoms with Crippen LogP contribution in [0, 0.1) is 6.92 Å². The summed E-state index contributed by atoms with van der Waals surface area (Å²) in [6.07, 6.45) is -2.77. The summed E-state index contributed by atoms with van der Waals surface area (Å²) in [7, 11) is 0. The van der Waals surface area contributed by atoms with E-state index < -0.39 is 11.7 Å². The molecule has 0 amide bonds. The van der Waals surface area contributed by atoms with Gasteiger partial charge in [0.15, 0.2) is 0 Å². The molecule has 0 N–H and O–H groups in total. The molecule has 1 aromatic rings. The Labute approximate surface area is 118 Å². The number of fused-ring (bicyclic) bond motifs is 1. The van der Waals surface area contributed by atoms with E-state index in [4.69, 9.17) is 4.74 Å². The summed E-state index contributed by atoms with van der Waals surface area (Å²) >= 11 is 0. The number of rotatable bonds is 2. The molecule has 1 aromatic heterocycles. The lowest BCUT2D eigenvalue weighted by Crippen LogP contribution is -2.28. The first-order valence-electron chi connectivity index (χ1n) is 7.20. The van der Waals surface area contributed by atoms with Crippen molar-refractivity contribution < 1.29 is 17.9 Å². The molecule has 0 fully saturated rings. The standard InChI is InChI=1S/C13H18F3NO.C2H6/c1-8(2)18-11-4-5-17-9(3)12(13(14,15)16)7-10(17)6-11;1-2/h7-8,11H,4-6H2,1-3H3;1-2H3. The van der Waals surface area contributed by atoms with Crippen molar-refractivity contribution in [1.82, 2.24) is 4.57 Å². The van der Waals surface area contributed by atoms with Gasteiger partial charge in [-0.2, -0.15) is 13.2 Å². The lowest BCUT2D eigenvalue weighted by Gasteiger charge is -2.27. The van der Waals surface area contributed by atoms with Gasteiger partial charge in [0.1, 0.15) is 0 Å². The van der Waals surface area contributed by atoms with Crippen LogP contribution in [0.1, 0.15) is 51.1 Å². The van der Waals surface area contributed by atoms with Gasteiger partial charge in [-0.05, 0) is 33.3 Å². The van der Waals surface area contributed by atoms with Crippen molar-refractivity contribution >= 4 is 0 Å². The highest BCUT2D eigenvalue weighted by Crippen LogP contribution is 2.35. The number of nitrogens with zero attached hydrogens (tertiary/aromatic N) is 1. The Morgan fingerprint density at radius 3 is 2.40 bits per heavy atom. The maximum absolute atomic E-state index is 12.8. The minimum absolute atomic E-state index is 0.0351. The van der Waals surface area contributed by atoms with E-state index in [-0.39, 0.29) is 12.2 Å². The summed E-state index contributed by atoms with van der Waals surface area (Å²) in [6.45, 7) is 10.0. The van der Waals surface area contributed by atoms with Gasteiger partial charge in [-0.3, -0.25) is 0 Å². The van der Waals surface area contributed by atoms with Crippen molar-refractivity contribution in [3.05, 3.63) is 23.0 Å². The molecule has 0 saturated heterocycles. The van der Waals surface area contributed by atoms with Gasteiger partial charge in [-0.25, -0.2) is 0 Å². The first-order chi connectivity index (χ1) is 9.29. The van der Waals surface area contributed by atoms with Crippen molar-refractivity contribution in [1.29, 1.82) is 0 Å². The topological polar surface area (TPSA) is 14.2 Å². The zero-order chi connectivity index (χ0) is 15.5. The summed E-state index contributed by atoms with van der Waals surface area (Å²) in [5.41, 5.74) is 0.542. The Balaban J connectivity index is 0.000000956. The molecule has 1 aliphatic rings. The maximum Gasteiger partial charge on any atom is 0.418 e. The van der Waals surface area contributed by atoms with Gasteiger partial charge in [0.05, 0.1) is 17.8 Å². The van der Waals surface area contributed by atoms with Crippen LogP contribution in [-0.2, 0) is 23.9 Å². The van der Waals surface area contributed by atoms with E-state index in [0.29, 0.717) is 18.7 Å². The van der Waals surface area contributed by atoms with Gasteiger partial charge in [0.25, 0.3) is 0 Å². The number of hydrogen-bond donors (Lipinski definition) is 0. The lowest BCUT2D eigenvalue weighted by atomic mass is 10.1. The molecular formula is C15H24F3NO. The molecule has 2 nitrogen and oxygen atoms in total. The van der Waals surface area contributed by atoms with E-state index in [1.807, 2.05) is 27.7 Å². The molecule has 20 heavy (non-hydrogen) atoms. The monoisotopic (exact) mass is 291 g/mol. The second kappa shape index (κ2) is 6.66. The fourth-order valence-electron chi connectivity index (χ4n) is 2.59. The average molecular weight is 291 g/mol. The minimum Gasteiger partial charge on any atom is -0.375 e. The van der Waals surface area contributed by atoms with Crippen molar-refractivity contribution in [2.24, 2.45) is 0 Å². The lowest BCUT2D eigenvalue weighted by molar-refractivity contribution is -0.138. The zero-order valence-electron chi connectivity index (χ0n) is 12.8. The van der Waals surface area contributed by atoms with Crippen molar-refractivity contribution in [2.45, 2.75) is 72.4 Å². The third-order valence-corrected chi connectivity index (χ3v) is 3.33. The zero-order valence-corrected chi connectivity index (χ0v) is 12.8. The molecule has 0 radical (unpaired) electrons. The summed E-state index contributed by atoms with van der Waals surface area (Å²) in [4.78, 5) is 0. The van der Waals surface area contributed by atoms with Crippen LogP contribution in [0.25, 0.3) is 0 Å². The SMILES string of the molecule is CC.Cc1c(C(F)(F)F)cc2n1CCC(OC(C)C)C2. The van der Waals surface area contributed by atoms with E-state index in [1.54, 1.807) is 4.57 Å². The van der Waals surface area contributed by atoms with E-state index in [2.05, 4.69) is 0 Å². The van der Waals surface area contributed by atoms with E-state index in [0.717, 1.165) is 12.1 Å². The van der Waals surface area contributed by atoms with Crippen LogP contribution in [0.5, 0.6) is 0 Å². The molecule has 0 aliphatic carbocycles. The summed E-state index contributed by atoms with van der Waals surface area (Å²) < 4.78 is 45.8. The highest BCUT2D eigenvalue weighted by atomic mass is 19.4. The van der Waals surface area contributed by atoms with E-state index in [9.17, 15) is 13.2 Å². The van der Waals surface area contributed by atoms with Gasteiger partial charge < -0.3 is 9.30 Å². The van der Waals surface area contributed by atoms with Crippen LogP contribution in [0.4, 0.5) is 13.2 Å². The van der Waals surface area contributed by atoms with Crippen molar-refractivity contribution in [3.63, 3.8) is 0 Å². The Kier molecular flexibility index (Phi) is 5.68. The average Bonchev–Trinajstić information content (AvgIpc) is 2.68.